The molecule has 2 aromatic carbocycles. The highest BCUT2D eigenvalue weighted by Crippen LogP contribution is 2.45. The molecule has 0 N–H and O–H groups in total. The molecule has 0 aliphatic carbocycles. The van der Waals surface area contributed by atoms with Crippen molar-refractivity contribution in [3.63, 3.8) is 0 Å². The van der Waals surface area contributed by atoms with Gasteiger partial charge in [-0.1, -0.05) is 0 Å². The Labute approximate surface area is 195 Å². The van der Waals surface area contributed by atoms with E-state index in [0.29, 0.717) is 40.8 Å². The van der Waals surface area contributed by atoms with E-state index in [1.54, 1.807) is 29.9 Å². The molecule has 2 aliphatic heterocycles. The van der Waals surface area contributed by atoms with Crippen molar-refractivity contribution in [1.82, 2.24) is 24.6 Å². The lowest BCUT2D eigenvalue weighted by Crippen LogP contribution is -2.49. The molecule has 9 heteroatoms. The van der Waals surface area contributed by atoms with Crippen LogP contribution in [0.2, 0.25) is 0 Å². The Balaban J connectivity index is 1.41. The van der Waals surface area contributed by atoms with E-state index in [1.165, 1.54) is 0 Å². The van der Waals surface area contributed by atoms with Crippen molar-refractivity contribution in [2.45, 2.75) is 37.8 Å². The second kappa shape index (κ2) is 7.65. The Morgan fingerprint density at radius 1 is 1.06 bits per heavy atom. The van der Waals surface area contributed by atoms with Crippen molar-refractivity contribution in [2.75, 3.05) is 0 Å². The summed E-state index contributed by atoms with van der Waals surface area (Å²) in [5.41, 5.74) is 3.40. The number of hydrogen-bond acceptors (Lipinski definition) is 4. The molecule has 6 nitrogen and oxygen atoms in total. The van der Waals surface area contributed by atoms with Crippen molar-refractivity contribution < 1.29 is 20.7 Å². The van der Waals surface area contributed by atoms with Gasteiger partial charge in [0, 0.05) is 42.1 Å². The number of fused-ring (bicyclic) bond motifs is 5. The monoisotopic (exact) mass is 465 g/mol. The Kier molecular flexibility index (Phi) is 4.20. The summed E-state index contributed by atoms with van der Waals surface area (Å²) >= 11 is 0. The van der Waals surface area contributed by atoms with E-state index in [2.05, 4.69) is 15.1 Å². The van der Waals surface area contributed by atoms with Crippen molar-refractivity contribution in [3.8, 4) is 11.3 Å². The molecule has 0 spiro atoms. The normalized spacial score (nSPS) is 20.2. The van der Waals surface area contributed by atoms with Crippen LogP contribution >= 0.6 is 0 Å². The van der Waals surface area contributed by atoms with Crippen LogP contribution in [-0.2, 0) is 13.5 Å². The van der Waals surface area contributed by atoms with E-state index in [0.717, 1.165) is 30.5 Å². The van der Waals surface area contributed by atoms with Crippen molar-refractivity contribution in [1.29, 1.82) is 0 Å². The Hall–Kier alpha value is -3.75. The highest BCUT2D eigenvalue weighted by molar-refractivity contribution is 5.98. The van der Waals surface area contributed by atoms with Gasteiger partial charge in [-0.2, -0.15) is 5.10 Å². The molecule has 2 unspecified atom stereocenters. The van der Waals surface area contributed by atoms with Crippen LogP contribution in [0.5, 0.6) is 0 Å². The molecule has 6 rings (SSSR count). The van der Waals surface area contributed by atoms with Crippen LogP contribution in [0.4, 0.5) is 13.2 Å². The summed E-state index contributed by atoms with van der Waals surface area (Å²) in [5.74, 6) is -4.24. The smallest absolute Gasteiger partial charge is 0.254 e. The van der Waals surface area contributed by atoms with E-state index in [-0.39, 0.29) is 35.9 Å². The summed E-state index contributed by atoms with van der Waals surface area (Å²) in [4.78, 5) is 23.7. The summed E-state index contributed by atoms with van der Waals surface area (Å²) < 4.78 is 58.6. The van der Waals surface area contributed by atoms with Gasteiger partial charge in [0.15, 0.2) is 17.5 Å². The van der Waals surface area contributed by atoms with E-state index >= 15 is 0 Å². The quantitative estimate of drug-likeness (QED) is 0.401. The van der Waals surface area contributed by atoms with Gasteiger partial charge < -0.3 is 4.90 Å². The van der Waals surface area contributed by atoms with Crippen molar-refractivity contribution in [2.24, 2.45) is 7.05 Å². The number of aryl methyl sites for hydroxylation is 1. The maximum absolute atomic E-state index is 14.0. The van der Waals surface area contributed by atoms with Gasteiger partial charge in [0.05, 0.1) is 31.2 Å². The molecule has 172 valence electrons. The molecule has 4 aromatic rings. The Morgan fingerprint density at radius 3 is 2.56 bits per heavy atom. The minimum absolute atomic E-state index is 0.147. The second-order valence-corrected chi connectivity index (χ2v) is 8.76. The highest BCUT2D eigenvalue weighted by atomic mass is 19.2. The average molecular weight is 465 g/mol. The molecule has 0 saturated carbocycles. The van der Waals surface area contributed by atoms with Crippen LogP contribution in [0.25, 0.3) is 22.3 Å². The summed E-state index contributed by atoms with van der Waals surface area (Å²) in [6, 6.07) is 6.33. The van der Waals surface area contributed by atoms with Crippen LogP contribution < -0.4 is 0 Å². The predicted octanol–water partition coefficient (Wildman–Crippen LogP) is 4.74. The van der Waals surface area contributed by atoms with Crippen LogP contribution in [-0.4, -0.2) is 36.6 Å². The molecule has 2 aromatic heterocycles. The second-order valence-electron chi connectivity index (χ2n) is 8.76. The van der Waals surface area contributed by atoms with Crippen molar-refractivity contribution >= 4 is 16.9 Å². The molecule has 4 heterocycles. The fraction of sp³-hybridized carbons (Fsp3) is 0.280. The predicted molar refractivity (Wildman–Crippen MR) is 118 cm³/mol. The van der Waals surface area contributed by atoms with Crippen LogP contribution in [0.15, 0.2) is 42.7 Å². The van der Waals surface area contributed by atoms with Gasteiger partial charge in [-0.3, -0.25) is 19.4 Å². The molecule has 2 bridgehead atoms. The van der Waals surface area contributed by atoms with Gasteiger partial charge in [-0.05, 0) is 56.0 Å². The fourth-order valence-electron chi connectivity index (χ4n) is 5.36. The zero-order chi connectivity index (χ0) is 25.3. The number of nitrogens with zero attached hydrogens (tertiary/aromatic N) is 5. The van der Waals surface area contributed by atoms with Gasteiger partial charge in [0.2, 0.25) is 0 Å². The Bertz CT molecular complexity index is 1550. The standard InChI is InChI=1S/C25H20F3N5O/c1-32-24(14-9-17(26)22(28)18(27)10-14)16-12-15-3-2-4-21(23(16)31-32)33(15)25(34)13-5-6-19-20(11-13)30-8-7-29-19/h5-11,15,21H,2-4,12H2,1H3/i7D,8D. The summed E-state index contributed by atoms with van der Waals surface area (Å²) in [6.07, 6.45) is 2.31. The first-order valence-electron chi connectivity index (χ1n) is 12.0. The molecule has 34 heavy (non-hydrogen) atoms. The number of piperidine rings is 1. The van der Waals surface area contributed by atoms with Gasteiger partial charge in [-0.25, -0.2) is 13.2 Å². The number of amides is 1. The van der Waals surface area contributed by atoms with E-state index in [1.807, 2.05) is 4.90 Å². The molecule has 0 radical (unpaired) electrons. The van der Waals surface area contributed by atoms with Crippen LogP contribution in [0, 0.1) is 17.5 Å². The summed E-state index contributed by atoms with van der Waals surface area (Å²) in [6.45, 7) is 0. The number of benzene rings is 2. The first-order chi connectivity index (χ1) is 17.2. The van der Waals surface area contributed by atoms with Gasteiger partial charge >= 0.3 is 0 Å². The molecule has 1 amide bonds. The average Bonchev–Trinajstić information content (AvgIpc) is 3.17. The SMILES string of the molecule is [2H]c1nc2ccc(C(=O)N3C4CCCC3c3nn(C)c(-c5cc(F)c(F)c(F)c5)c3C4)cc2nc1[2H]. The van der Waals surface area contributed by atoms with E-state index in [4.69, 9.17) is 2.74 Å². The Morgan fingerprint density at radius 2 is 1.79 bits per heavy atom. The maximum atomic E-state index is 14.0. The molecule has 2 aliphatic rings. The number of carbonyl (C=O) groups excluding carboxylic acids is 1. The molecular weight excluding hydrogens is 443 g/mol. The molecular formula is C25H20F3N5O. The molecule has 2 atom stereocenters. The molecule has 1 fully saturated rings. The fourth-order valence-corrected chi connectivity index (χ4v) is 5.36. The number of hydrogen-bond donors (Lipinski definition) is 0. The lowest BCUT2D eigenvalue weighted by atomic mass is 9.81. The van der Waals surface area contributed by atoms with Crippen LogP contribution in [0.1, 0.15) is 49.7 Å². The number of halogens is 3. The first kappa shape index (κ1) is 18.7. The minimum Gasteiger partial charge on any atom is -0.327 e. The molecule has 1 saturated heterocycles. The number of carbonyl (C=O) groups is 1. The third kappa shape index (κ3) is 3.10. The van der Waals surface area contributed by atoms with E-state index < -0.39 is 17.5 Å². The lowest BCUT2D eigenvalue weighted by molar-refractivity contribution is 0.0392. The zero-order valence-corrected chi connectivity index (χ0v) is 18.1. The lowest BCUT2D eigenvalue weighted by Gasteiger charge is -2.45. The third-order valence-electron chi connectivity index (χ3n) is 6.79. The van der Waals surface area contributed by atoms with Crippen molar-refractivity contribution in [3.05, 3.63) is 77.0 Å². The third-order valence-corrected chi connectivity index (χ3v) is 6.79. The van der Waals surface area contributed by atoms with Gasteiger partial charge in [0.1, 0.15) is 0 Å². The van der Waals surface area contributed by atoms with E-state index in [9.17, 15) is 18.0 Å². The van der Waals surface area contributed by atoms with Gasteiger partial charge in [-0.15, -0.1) is 0 Å². The topological polar surface area (TPSA) is 63.9 Å². The first-order valence-corrected chi connectivity index (χ1v) is 11.0. The highest BCUT2D eigenvalue weighted by Gasteiger charge is 2.43. The summed E-state index contributed by atoms with van der Waals surface area (Å²) in [5, 5.41) is 4.64. The van der Waals surface area contributed by atoms with Gasteiger partial charge in [0.25, 0.3) is 5.91 Å². The zero-order valence-electron chi connectivity index (χ0n) is 20.1. The van der Waals surface area contributed by atoms with Crippen LogP contribution in [0.3, 0.4) is 0 Å². The number of rotatable bonds is 2. The number of aromatic nitrogens is 4. The maximum Gasteiger partial charge on any atom is 0.254 e. The largest absolute Gasteiger partial charge is 0.327 e. The summed E-state index contributed by atoms with van der Waals surface area (Å²) in [7, 11) is 1.67. The minimum atomic E-state index is -1.51.